The van der Waals surface area contributed by atoms with Crippen LogP contribution < -0.4 is 0 Å². The highest BCUT2D eigenvalue weighted by molar-refractivity contribution is 5.03. The number of rotatable bonds is 0. The molecule has 2 aliphatic heterocycles. The van der Waals surface area contributed by atoms with Gasteiger partial charge in [0.05, 0.1) is 12.2 Å². The second-order valence-electron chi connectivity index (χ2n) is 3.47. The molecule has 0 aromatic rings. The molecular formula is C9H14O. The Bertz CT molecular complexity index is 137. The normalized spacial score (nSPS) is 39.8. The van der Waals surface area contributed by atoms with Gasteiger partial charge in [-0.2, -0.15) is 0 Å². The SMILES string of the molecule is C=C1CC2CCCC(C1)O2. The van der Waals surface area contributed by atoms with Crippen LogP contribution in [0.5, 0.6) is 0 Å². The lowest BCUT2D eigenvalue weighted by atomic mass is 9.89. The highest BCUT2D eigenvalue weighted by Gasteiger charge is 2.27. The van der Waals surface area contributed by atoms with Crippen molar-refractivity contribution in [3.63, 3.8) is 0 Å². The average Bonchev–Trinajstić information content (AvgIpc) is 1.85. The second-order valence-corrected chi connectivity index (χ2v) is 3.47. The first kappa shape index (κ1) is 6.41. The minimum Gasteiger partial charge on any atom is -0.374 e. The lowest BCUT2D eigenvalue weighted by Gasteiger charge is -2.35. The monoisotopic (exact) mass is 138 g/mol. The van der Waals surface area contributed by atoms with Gasteiger partial charge in [-0.1, -0.05) is 12.2 Å². The van der Waals surface area contributed by atoms with Gasteiger partial charge in [0.1, 0.15) is 0 Å². The number of hydrogen-bond donors (Lipinski definition) is 0. The molecule has 0 spiro atoms. The third-order valence-electron chi connectivity index (χ3n) is 2.47. The van der Waals surface area contributed by atoms with Crippen LogP contribution in [0.3, 0.4) is 0 Å². The first-order chi connectivity index (χ1) is 4.84. The van der Waals surface area contributed by atoms with Crippen LogP contribution in [0, 0.1) is 0 Å². The van der Waals surface area contributed by atoms with Crippen molar-refractivity contribution >= 4 is 0 Å². The summed E-state index contributed by atoms with van der Waals surface area (Å²) in [6, 6.07) is 0. The van der Waals surface area contributed by atoms with Crippen LogP contribution in [0.4, 0.5) is 0 Å². The summed E-state index contributed by atoms with van der Waals surface area (Å²) in [5.74, 6) is 0. The number of ether oxygens (including phenoxy) is 1. The highest BCUT2D eigenvalue weighted by atomic mass is 16.5. The summed E-state index contributed by atoms with van der Waals surface area (Å²) in [7, 11) is 0. The molecule has 2 rings (SSSR count). The van der Waals surface area contributed by atoms with Gasteiger partial charge in [0, 0.05) is 0 Å². The molecule has 2 saturated heterocycles. The molecule has 2 atom stereocenters. The molecule has 10 heavy (non-hydrogen) atoms. The maximum Gasteiger partial charge on any atom is 0.0616 e. The molecule has 0 N–H and O–H groups in total. The third kappa shape index (κ3) is 1.10. The van der Waals surface area contributed by atoms with Gasteiger partial charge >= 0.3 is 0 Å². The van der Waals surface area contributed by atoms with Gasteiger partial charge in [0.2, 0.25) is 0 Å². The standard InChI is InChI=1S/C9H14O/c1-7-5-8-3-2-4-9(6-7)10-8/h8-9H,1-6H2. The van der Waals surface area contributed by atoms with Crippen molar-refractivity contribution in [2.24, 2.45) is 0 Å². The molecular weight excluding hydrogens is 124 g/mol. The third-order valence-corrected chi connectivity index (χ3v) is 2.47. The zero-order chi connectivity index (χ0) is 6.97. The Balaban J connectivity index is 2.05. The van der Waals surface area contributed by atoms with Gasteiger partial charge in [-0.15, -0.1) is 0 Å². The highest BCUT2D eigenvalue weighted by Crippen LogP contribution is 2.32. The molecule has 1 nitrogen and oxygen atoms in total. The van der Waals surface area contributed by atoms with Gasteiger partial charge in [-0.25, -0.2) is 0 Å². The maximum atomic E-state index is 5.73. The van der Waals surface area contributed by atoms with Gasteiger partial charge < -0.3 is 4.74 Å². The Morgan fingerprint density at radius 1 is 1.20 bits per heavy atom. The van der Waals surface area contributed by atoms with Crippen molar-refractivity contribution in [2.75, 3.05) is 0 Å². The van der Waals surface area contributed by atoms with Crippen molar-refractivity contribution in [1.29, 1.82) is 0 Å². The van der Waals surface area contributed by atoms with Crippen LogP contribution in [0.15, 0.2) is 12.2 Å². The lowest BCUT2D eigenvalue weighted by molar-refractivity contribution is -0.0655. The van der Waals surface area contributed by atoms with E-state index in [9.17, 15) is 0 Å². The van der Waals surface area contributed by atoms with Crippen LogP contribution in [-0.2, 0) is 4.74 Å². The van der Waals surface area contributed by atoms with Crippen LogP contribution in [0.1, 0.15) is 32.1 Å². The van der Waals surface area contributed by atoms with E-state index in [4.69, 9.17) is 4.74 Å². The quantitative estimate of drug-likeness (QED) is 0.466. The summed E-state index contributed by atoms with van der Waals surface area (Å²) in [6.45, 7) is 4.02. The van der Waals surface area contributed by atoms with E-state index in [0.29, 0.717) is 12.2 Å². The first-order valence-electron chi connectivity index (χ1n) is 4.17. The molecule has 0 saturated carbocycles. The van der Waals surface area contributed by atoms with Gasteiger partial charge in [0.25, 0.3) is 0 Å². The predicted molar refractivity (Wildman–Crippen MR) is 40.9 cm³/mol. The second kappa shape index (κ2) is 2.39. The average molecular weight is 138 g/mol. The van der Waals surface area contributed by atoms with Gasteiger partial charge in [0.15, 0.2) is 0 Å². The zero-order valence-electron chi connectivity index (χ0n) is 6.31. The van der Waals surface area contributed by atoms with Crippen molar-refractivity contribution in [3.8, 4) is 0 Å². The van der Waals surface area contributed by atoms with Crippen molar-refractivity contribution in [1.82, 2.24) is 0 Å². The molecule has 2 bridgehead atoms. The largest absolute Gasteiger partial charge is 0.374 e. The fourth-order valence-corrected chi connectivity index (χ4v) is 2.01. The number of hydrogen-bond acceptors (Lipinski definition) is 1. The van der Waals surface area contributed by atoms with Crippen molar-refractivity contribution in [3.05, 3.63) is 12.2 Å². The fraction of sp³-hybridized carbons (Fsp3) is 0.778. The Kier molecular flexibility index (Phi) is 1.53. The van der Waals surface area contributed by atoms with E-state index in [0.717, 1.165) is 12.8 Å². The molecule has 0 aromatic carbocycles. The molecule has 1 heteroatoms. The zero-order valence-corrected chi connectivity index (χ0v) is 6.31. The van der Waals surface area contributed by atoms with E-state index >= 15 is 0 Å². The summed E-state index contributed by atoms with van der Waals surface area (Å²) >= 11 is 0. The molecule has 2 aliphatic rings. The Hall–Kier alpha value is -0.300. The molecule has 0 radical (unpaired) electrons. The van der Waals surface area contributed by atoms with E-state index in [1.807, 2.05) is 0 Å². The molecule has 2 fully saturated rings. The number of fused-ring (bicyclic) bond motifs is 2. The Morgan fingerprint density at radius 2 is 1.80 bits per heavy atom. The van der Waals surface area contributed by atoms with E-state index in [2.05, 4.69) is 6.58 Å². The van der Waals surface area contributed by atoms with E-state index in [1.165, 1.54) is 24.8 Å². The van der Waals surface area contributed by atoms with Crippen LogP contribution in [0.2, 0.25) is 0 Å². The van der Waals surface area contributed by atoms with Crippen LogP contribution >= 0.6 is 0 Å². The van der Waals surface area contributed by atoms with Crippen LogP contribution in [0.25, 0.3) is 0 Å². The van der Waals surface area contributed by atoms with Gasteiger partial charge in [-0.05, 0) is 32.1 Å². The van der Waals surface area contributed by atoms with Crippen molar-refractivity contribution in [2.45, 2.75) is 44.3 Å². The van der Waals surface area contributed by atoms with Gasteiger partial charge in [-0.3, -0.25) is 0 Å². The summed E-state index contributed by atoms with van der Waals surface area (Å²) in [5.41, 5.74) is 1.40. The summed E-state index contributed by atoms with van der Waals surface area (Å²) in [6.07, 6.45) is 7.18. The topological polar surface area (TPSA) is 9.23 Å². The Morgan fingerprint density at radius 3 is 2.40 bits per heavy atom. The minimum absolute atomic E-state index is 0.528. The molecule has 0 amide bonds. The molecule has 56 valence electrons. The summed E-state index contributed by atoms with van der Waals surface area (Å²) in [5, 5.41) is 0. The summed E-state index contributed by atoms with van der Waals surface area (Å²) < 4.78 is 5.73. The van der Waals surface area contributed by atoms with Crippen LogP contribution in [-0.4, -0.2) is 12.2 Å². The lowest BCUT2D eigenvalue weighted by Crippen LogP contribution is -2.32. The Labute approximate surface area is 62.1 Å². The predicted octanol–water partition coefficient (Wildman–Crippen LogP) is 2.27. The van der Waals surface area contributed by atoms with E-state index in [1.54, 1.807) is 0 Å². The molecule has 0 aromatic heterocycles. The first-order valence-corrected chi connectivity index (χ1v) is 4.17. The minimum atomic E-state index is 0.528. The van der Waals surface area contributed by atoms with Crippen molar-refractivity contribution < 1.29 is 4.74 Å². The maximum absolute atomic E-state index is 5.73. The summed E-state index contributed by atoms with van der Waals surface area (Å²) in [4.78, 5) is 0. The smallest absolute Gasteiger partial charge is 0.0616 e. The molecule has 2 unspecified atom stereocenters. The molecule has 2 heterocycles. The molecule has 0 aliphatic carbocycles. The fourth-order valence-electron chi connectivity index (χ4n) is 2.01. The van der Waals surface area contributed by atoms with E-state index in [-0.39, 0.29) is 0 Å². The van der Waals surface area contributed by atoms with E-state index < -0.39 is 0 Å².